The zero-order valence-electron chi connectivity index (χ0n) is 26.1. The van der Waals surface area contributed by atoms with Crippen molar-refractivity contribution in [2.75, 3.05) is 13.1 Å². The standard InChI is InChI=1S/C11H22N2O2.C10H18O5.C7H15N/c1-8-6-13(7-9(2)12-8)10(14)15-11(3,4)5;1-9(2,3)14-7(11)13-8(12)15-10(4,5)6;1-6-4-3-5-7(2)8-6/h8-9,12H,6-7H2,1-5H3;1-6H3;6-8H,3-5H2,1-2H3/t8-,9+;;6-,7+. The molecule has 2 N–H and O–H groups in total. The highest BCUT2D eigenvalue weighted by Gasteiger charge is 2.28. The third-order valence-electron chi connectivity index (χ3n) is 5.00. The van der Waals surface area contributed by atoms with Crippen molar-refractivity contribution in [3.63, 3.8) is 0 Å². The van der Waals surface area contributed by atoms with E-state index in [9.17, 15) is 14.4 Å². The minimum absolute atomic E-state index is 0.206. The largest absolute Gasteiger partial charge is 0.519 e. The van der Waals surface area contributed by atoms with Crippen LogP contribution in [0.2, 0.25) is 0 Å². The number of nitrogens with one attached hydrogen (secondary N) is 2. The zero-order chi connectivity index (χ0) is 29.9. The molecule has 0 bridgehead atoms. The zero-order valence-corrected chi connectivity index (χ0v) is 26.1. The topological polar surface area (TPSA) is 115 Å². The predicted octanol–water partition coefficient (Wildman–Crippen LogP) is 6.01. The van der Waals surface area contributed by atoms with Crippen molar-refractivity contribution in [1.29, 1.82) is 0 Å². The van der Waals surface area contributed by atoms with Crippen LogP contribution in [-0.2, 0) is 18.9 Å². The van der Waals surface area contributed by atoms with Gasteiger partial charge in [0.2, 0.25) is 0 Å². The molecule has 2 rings (SSSR count). The molecule has 0 aromatic carbocycles. The van der Waals surface area contributed by atoms with Gasteiger partial charge < -0.3 is 34.5 Å². The van der Waals surface area contributed by atoms with Crippen molar-refractivity contribution in [3.8, 4) is 0 Å². The van der Waals surface area contributed by atoms with Gasteiger partial charge in [-0.3, -0.25) is 0 Å². The van der Waals surface area contributed by atoms with E-state index in [1.54, 1.807) is 46.4 Å². The van der Waals surface area contributed by atoms with Gasteiger partial charge in [0.1, 0.15) is 16.8 Å². The number of rotatable bonds is 0. The van der Waals surface area contributed by atoms with E-state index < -0.39 is 29.1 Å². The van der Waals surface area contributed by atoms with Gasteiger partial charge in [-0.15, -0.1) is 0 Å². The first-order valence-electron chi connectivity index (χ1n) is 13.7. The van der Waals surface area contributed by atoms with Crippen LogP contribution in [0.4, 0.5) is 14.4 Å². The molecule has 0 spiro atoms. The summed E-state index contributed by atoms with van der Waals surface area (Å²) in [5, 5.41) is 6.86. The molecular formula is C28H55N3O7. The van der Waals surface area contributed by atoms with Crippen LogP contribution < -0.4 is 10.6 Å². The summed E-state index contributed by atoms with van der Waals surface area (Å²) in [6.45, 7) is 25.8. The molecule has 2 fully saturated rings. The number of amides is 1. The second kappa shape index (κ2) is 15.5. The Kier molecular flexibility index (Phi) is 14.7. The molecule has 0 aromatic heterocycles. The van der Waals surface area contributed by atoms with Gasteiger partial charge in [0.15, 0.2) is 0 Å². The molecule has 38 heavy (non-hydrogen) atoms. The lowest BCUT2D eigenvalue weighted by Crippen LogP contribution is -2.56. The van der Waals surface area contributed by atoms with E-state index in [4.69, 9.17) is 14.2 Å². The number of hydrogen-bond acceptors (Lipinski definition) is 9. The Morgan fingerprint density at radius 2 is 0.947 bits per heavy atom. The smallest absolute Gasteiger partial charge is 0.444 e. The Labute approximate surface area is 230 Å². The molecule has 2 heterocycles. The summed E-state index contributed by atoms with van der Waals surface area (Å²) in [5.74, 6) is 0. The number of carbonyl (C=O) groups excluding carboxylic acids is 3. The van der Waals surface area contributed by atoms with E-state index >= 15 is 0 Å². The van der Waals surface area contributed by atoms with Crippen LogP contribution in [0.15, 0.2) is 0 Å². The van der Waals surface area contributed by atoms with Crippen LogP contribution in [0.3, 0.4) is 0 Å². The minimum atomic E-state index is -1.06. The van der Waals surface area contributed by atoms with Crippen molar-refractivity contribution >= 4 is 18.4 Å². The lowest BCUT2D eigenvalue weighted by molar-refractivity contribution is -0.0294. The van der Waals surface area contributed by atoms with Gasteiger partial charge >= 0.3 is 18.4 Å². The molecule has 1 amide bonds. The monoisotopic (exact) mass is 545 g/mol. The summed E-state index contributed by atoms with van der Waals surface area (Å²) in [6, 6.07) is 2.19. The highest BCUT2D eigenvalue weighted by Crippen LogP contribution is 2.14. The van der Waals surface area contributed by atoms with E-state index in [1.165, 1.54) is 19.3 Å². The fraction of sp³-hybridized carbons (Fsp3) is 0.893. The number of carbonyl (C=O) groups is 3. The fourth-order valence-corrected chi connectivity index (χ4v) is 3.79. The van der Waals surface area contributed by atoms with Crippen LogP contribution in [0.1, 0.15) is 109 Å². The fourth-order valence-electron chi connectivity index (χ4n) is 3.79. The van der Waals surface area contributed by atoms with Crippen molar-refractivity contribution < 1.29 is 33.3 Å². The van der Waals surface area contributed by atoms with E-state index in [0.29, 0.717) is 12.1 Å². The van der Waals surface area contributed by atoms with Crippen molar-refractivity contribution in [3.05, 3.63) is 0 Å². The van der Waals surface area contributed by atoms with Gasteiger partial charge in [0.25, 0.3) is 0 Å². The summed E-state index contributed by atoms with van der Waals surface area (Å²) >= 11 is 0. The Bertz CT molecular complexity index is 694. The quantitative estimate of drug-likeness (QED) is 0.214. The van der Waals surface area contributed by atoms with Gasteiger partial charge in [-0.05, 0) is 103 Å². The van der Waals surface area contributed by atoms with Gasteiger partial charge in [0.05, 0.1) is 0 Å². The molecule has 0 aromatic rings. The lowest BCUT2D eigenvalue weighted by atomic mass is 10.0. The lowest BCUT2D eigenvalue weighted by Gasteiger charge is -2.36. The number of hydrogen-bond donors (Lipinski definition) is 2. The molecule has 2 aliphatic rings. The van der Waals surface area contributed by atoms with E-state index in [1.807, 2.05) is 20.8 Å². The number of nitrogens with zero attached hydrogens (tertiary/aromatic N) is 1. The summed E-state index contributed by atoms with van der Waals surface area (Å²) in [7, 11) is 0. The highest BCUT2D eigenvalue weighted by molar-refractivity contribution is 5.77. The van der Waals surface area contributed by atoms with Crippen LogP contribution in [0.25, 0.3) is 0 Å². The van der Waals surface area contributed by atoms with Crippen LogP contribution in [0.5, 0.6) is 0 Å². The van der Waals surface area contributed by atoms with Crippen LogP contribution in [-0.4, -0.2) is 77.4 Å². The second-order valence-electron chi connectivity index (χ2n) is 13.3. The molecule has 0 unspecified atom stereocenters. The molecule has 2 saturated heterocycles. The van der Waals surface area contributed by atoms with Crippen molar-refractivity contribution in [2.45, 2.75) is 150 Å². The first-order valence-corrected chi connectivity index (χ1v) is 13.7. The van der Waals surface area contributed by atoms with Gasteiger partial charge in [-0.2, -0.15) is 0 Å². The van der Waals surface area contributed by atoms with Crippen molar-refractivity contribution in [1.82, 2.24) is 15.5 Å². The summed E-state index contributed by atoms with van der Waals surface area (Å²) in [6.07, 6.45) is 1.82. The van der Waals surface area contributed by atoms with Gasteiger partial charge in [-0.25, -0.2) is 14.4 Å². The van der Waals surface area contributed by atoms with E-state index in [0.717, 1.165) is 25.2 Å². The summed E-state index contributed by atoms with van der Waals surface area (Å²) < 4.78 is 19.1. The van der Waals surface area contributed by atoms with E-state index in [-0.39, 0.29) is 6.09 Å². The Morgan fingerprint density at radius 1 is 0.605 bits per heavy atom. The molecule has 224 valence electrons. The molecule has 2 aliphatic heterocycles. The third kappa shape index (κ3) is 20.0. The normalized spacial score (nSPS) is 24.0. The molecule has 10 heteroatoms. The third-order valence-corrected chi connectivity index (χ3v) is 5.00. The minimum Gasteiger partial charge on any atom is -0.444 e. The maximum atomic E-state index is 11.8. The number of piperidine rings is 1. The number of piperazine rings is 1. The van der Waals surface area contributed by atoms with Gasteiger partial charge in [0, 0.05) is 37.3 Å². The average molecular weight is 546 g/mol. The Morgan fingerprint density at radius 3 is 1.24 bits per heavy atom. The van der Waals surface area contributed by atoms with Crippen LogP contribution in [0, 0.1) is 0 Å². The Balaban J connectivity index is 0.000000565. The van der Waals surface area contributed by atoms with E-state index in [2.05, 4.69) is 43.1 Å². The first kappa shape index (κ1) is 35.9. The maximum Gasteiger partial charge on any atom is 0.519 e. The SMILES string of the molecule is CC(C)(C)OC(=O)OC(=O)OC(C)(C)C.C[C@@H]1CCC[C@H](C)N1.C[C@@H]1CN(C(=O)OC(C)(C)C)C[C@H](C)N1. The Hall–Kier alpha value is -2.07. The summed E-state index contributed by atoms with van der Waals surface area (Å²) in [5.41, 5.74) is -1.80. The van der Waals surface area contributed by atoms with Crippen molar-refractivity contribution in [2.24, 2.45) is 0 Å². The second-order valence-corrected chi connectivity index (χ2v) is 13.3. The highest BCUT2D eigenvalue weighted by atomic mass is 16.8. The average Bonchev–Trinajstić information content (AvgIpc) is 2.63. The molecule has 0 aliphatic carbocycles. The maximum absolute atomic E-state index is 11.8. The molecular weight excluding hydrogens is 490 g/mol. The predicted molar refractivity (Wildman–Crippen MR) is 149 cm³/mol. The molecule has 10 nitrogen and oxygen atoms in total. The first-order chi connectivity index (χ1) is 17.1. The van der Waals surface area contributed by atoms with Gasteiger partial charge in [-0.1, -0.05) is 6.42 Å². The molecule has 4 atom stereocenters. The molecule has 0 radical (unpaired) electrons. The summed E-state index contributed by atoms with van der Waals surface area (Å²) in [4.78, 5) is 35.6. The number of ether oxygens (including phenoxy) is 4. The molecule has 0 saturated carbocycles. The van der Waals surface area contributed by atoms with Crippen LogP contribution >= 0.6 is 0 Å².